The molecule has 1 heterocycles. The van der Waals surface area contributed by atoms with Gasteiger partial charge in [0.2, 0.25) is 0 Å². The van der Waals surface area contributed by atoms with Gasteiger partial charge in [0, 0.05) is 11.1 Å². The summed E-state index contributed by atoms with van der Waals surface area (Å²) in [6, 6.07) is 10.5. The Morgan fingerprint density at radius 1 is 1.06 bits per heavy atom. The predicted octanol–water partition coefficient (Wildman–Crippen LogP) is 4.21. The average molecular weight is 210 g/mol. The second kappa shape index (κ2) is 3.38. The Morgan fingerprint density at radius 3 is 2.56 bits per heavy atom. The van der Waals surface area contributed by atoms with Crippen LogP contribution in [0, 0.1) is 6.92 Å². The first kappa shape index (κ1) is 9.46. The lowest BCUT2D eigenvalue weighted by Crippen LogP contribution is -1.85. The lowest BCUT2D eigenvalue weighted by atomic mass is 9.99. The van der Waals surface area contributed by atoms with Crippen molar-refractivity contribution in [3.05, 3.63) is 53.0 Å². The Bertz CT molecular complexity index is 559. The zero-order chi connectivity index (χ0) is 11.1. The molecular formula is C15H14O. The minimum Gasteiger partial charge on any atom is -0.461 e. The molecule has 1 aromatic carbocycles. The number of fused-ring (bicyclic) bond motifs is 1. The summed E-state index contributed by atoms with van der Waals surface area (Å²) in [6.45, 7) is 4.20. The lowest BCUT2D eigenvalue weighted by molar-refractivity contribution is 0.525. The molecule has 0 N–H and O–H groups in total. The lowest BCUT2D eigenvalue weighted by Gasteiger charge is -2.02. The summed E-state index contributed by atoms with van der Waals surface area (Å²) in [5.74, 6) is 2.08. The maximum absolute atomic E-state index is 5.81. The average Bonchev–Trinajstić information content (AvgIpc) is 2.74. The minimum atomic E-state index is 1.02. The van der Waals surface area contributed by atoms with Crippen molar-refractivity contribution in [2.45, 2.75) is 20.3 Å². The first-order valence-electron chi connectivity index (χ1n) is 5.60. The number of hydrogen-bond acceptors (Lipinski definition) is 1. The van der Waals surface area contributed by atoms with Gasteiger partial charge in [-0.3, -0.25) is 0 Å². The van der Waals surface area contributed by atoms with Gasteiger partial charge in [-0.1, -0.05) is 35.9 Å². The van der Waals surface area contributed by atoms with E-state index in [1.807, 2.05) is 13.0 Å². The largest absolute Gasteiger partial charge is 0.461 e. The van der Waals surface area contributed by atoms with Gasteiger partial charge in [0.25, 0.3) is 0 Å². The molecule has 1 aliphatic carbocycles. The number of furan rings is 1. The molecule has 1 nitrogen and oxygen atoms in total. The third kappa shape index (κ3) is 1.32. The summed E-state index contributed by atoms with van der Waals surface area (Å²) >= 11 is 0. The standard InChI is InChI=1S/C15H14O/c1-10-8-13-14(9-10)16-11(2)15(13)12-6-4-3-5-7-12/h3-7,9H,8H2,1-2H3. The first-order chi connectivity index (χ1) is 7.75. The van der Waals surface area contributed by atoms with Gasteiger partial charge in [-0.15, -0.1) is 0 Å². The van der Waals surface area contributed by atoms with E-state index >= 15 is 0 Å². The molecule has 1 aliphatic rings. The van der Waals surface area contributed by atoms with Crippen LogP contribution in [-0.4, -0.2) is 0 Å². The van der Waals surface area contributed by atoms with Gasteiger partial charge < -0.3 is 4.42 Å². The third-order valence-electron chi connectivity index (χ3n) is 3.11. The van der Waals surface area contributed by atoms with Gasteiger partial charge in [-0.25, -0.2) is 0 Å². The highest BCUT2D eigenvalue weighted by molar-refractivity contribution is 5.76. The summed E-state index contributed by atoms with van der Waals surface area (Å²) in [5.41, 5.74) is 5.27. The molecule has 0 saturated heterocycles. The van der Waals surface area contributed by atoms with Crippen LogP contribution in [0.25, 0.3) is 17.2 Å². The molecule has 0 atom stereocenters. The second-order valence-corrected chi connectivity index (χ2v) is 4.41. The molecule has 3 rings (SSSR count). The zero-order valence-corrected chi connectivity index (χ0v) is 9.58. The van der Waals surface area contributed by atoms with Crippen molar-refractivity contribution in [1.29, 1.82) is 0 Å². The molecule has 0 spiro atoms. The highest BCUT2D eigenvalue weighted by atomic mass is 16.3. The summed E-state index contributed by atoms with van der Waals surface area (Å²) < 4.78 is 5.81. The summed E-state index contributed by atoms with van der Waals surface area (Å²) in [7, 11) is 0. The van der Waals surface area contributed by atoms with Gasteiger partial charge in [-0.05, 0) is 31.9 Å². The van der Waals surface area contributed by atoms with Crippen molar-refractivity contribution >= 4 is 6.08 Å². The quantitative estimate of drug-likeness (QED) is 0.687. The van der Waals surface area contributed by atoms with E-state index in [4.69, 9.17) is 4.42 Å². The van der Waals surface area contributed by atoms with Crippen LogP contribution in [-0.2, 0) is 6.42 Å². The molecule has 1 heteroatoms. The summed E-state index contributed by atoms with van der Waals surface area (Å²) in [6.07, 6.45) is 3.17. The van der Waals surface area contributed by atoms with E-state index in [1.54, 1.807) is 0 Å². The van der Waals surface area contributed by atoms with Crippen LogP contribution in [0.1, 0.15) is 24.0 Å². The fraction of sp³-hybridized carbons (Fsp3) is 0.200. The van der Waals surface area contributed by atoms with Crippen LogP contribution in [0.2, 0.25) is 0 Å². The van der Waals surface area contributed by atoms with E-state index < -0.39 is 0 Å². The molecule has 0 fully saturated rings. The Labute approximate surface area is 95.4 Å². The summed E-state index contributed by atoms with van der Waals surface area (Å²) in [5, 5.41) is 0. The van der Waals surface area contributed by atoms with Gasteiger partial charge in [0.15, 0.2) is 0 Å². The second-order valence-electron chi connectivity index (χ2n) is 4.41. The highest BCUT2D eigenvalue weighted by Gasteiger charge is 2.21. The van der Waals surface area contributed by atoms with Crippen LogP contribution < -0.4 is 0 Å². The fourth-order valence-electron chi connectivity index (χ4n) is 2.44. The van der Waals surface area contributed by atoms with Crippen LogP contribution in [0.5, 0.6) is 0 Å². The van der Waals surface area contributed by atoms with Crippen molar-refractivity contribution < 1.29 is 4.42 Å². The maximum Gasteiger partial charge on any atom is 0.131 e. The van der Waals surface area contributed by atoms with Gasteiger partial charge in [0.1, 0.15) is 11.5 Å². The van der Waals surface area contributed by atoms with Gasteiger partial charge in [0.05, 0.1) is 0 Å². The van der Waals surface area contributed by atoms with Crippen molar-refractivity contribution in [3.8, 4) is 11.1 Å². The molecule has 2 aromatic rings. The molecule has 0 radical (unpaired) electrons. The number of benzene rings is 1. The Hall–Kier alpha value is -1.76. The normalized spacial score (nSPS) is 13.8. The van der Waals surface area contributed by atoms with Crippen molar-refractivity contribution in [1.82, 2.24) is 0 Å². The van der Waals surface area contributed by atoms with E-state index in [0.717, 1.165) is 17.9 Å². The SMILES string of the molecule is CC1=Cc2oc(C)c(-c3ccccc3)c2C1. The molecule has 80 valence electrons. The molecular weight excluding hydrogens is 196 g/mol. The van der Waals surface area contributed by atoms with Crippen LogP contribution in [0.3, 0.4) is 0 Å². The molecule has 0 saturated carbocycles. The van der Waals surface area contributed by atoms with E-state index in [-0.39, 0.29) is 0 Å². The Kier molecular flexibility index (Phi) is 2.00. The van der Waals surface area contributed by atoms with E-state index in [1.165, 1.54) is 22.3 Å². The van der Waals surface area contributed by atoms with Crippen LogP contribution in [0.4, 0.5) is 0 Å². The number of aryl methyl sites for hydroxylation is 1. The van der Waals surface area contributed by atoms with E-state index in [0.29, 0.717) is 0 Å². The van der Waals surface area contributed by atoms with E-state index in [2.05, 4.69) is 37.3 Å². The van der Waals surface area contributed by atoms with Crippen LogP contribution >= 0.6 is 0 Å². The fourth-order valence-corrected chi connectivity index (χ4v) is 2.44. The molecule has 16 heavy (non-hydrogen) atoms. The molecule has 0 bridgehead atoms. The van der Waals surface area contributed by atoms with E-state index in [9.17, 15) is 0 Å². The minimum absolute atomic E-state index is 1.02. The Balaban J connectivity index is 2.19. The summed E-state index contributed by atoms with van der Waals surface area (Å²) in [4.78, 5) is 0. The van der Waals surface area contributed by atoms with Crippen molar-refractivity contribution in [2.24, 2.45) is 0 Å². The Morgan fingerprint density at radius 2 is 1.81 bits per heavy atom. The topological polar surface area (TPSA) is 13.1 Å². The third-order valence-corrected chi connectivity index (χ3v) is 3.11. The van der Waals surface area contributed by atoms with Crippen molar-refractivity contribution in [2.75, 3.05) is 0 Å². The zero-order valence-electron chi connectivity index (χ0n) is 9.58. The maximum atomic E-state index is 5.81. The number of hydrogen-bond donors (Lipinski definition) is 0. The van der Waals surface area contributed by atoms with Gasteiger partial charge in [-0.2, -0.15) is 0 Å². The van der Waals surface area contributed by atoms with Crippen molar-refractivity contribution in [3.63, 3.8) is 0 Å². The van der Waals surface area contributed by atoms with Gasteiger partial charge >= 0.3 is 0 Å². The molecule has 0 aliphatic heterocycles. The number of rotatable bonds is 1. The number of allylic oxidation sites excluding steroid dienone is 1. The monoisotopic (exact) mass is 210 g/mol. The first-order valence-corrected chi connectivity index (χ1v) is 5.60. The molecule has 1 aromatic heterocycles. The smallest absolute Gasteiger partial charge is 0.131 e. The molecule has 0 unspecified atom stereocenters. The molecule has 0 amide bonds. The highest BCUT2D eigenvalue weighted by Crippen LogP contribution is 2.38. The predicted molar refractivity (Wildman–Crippen MR) is 66.2 cm³/mol. The van der Waals surface area contributed by atoms with Crippen LogP contribution in [0.15, 0.2) is 40.3 Å².